The summed E-state index contributed by atoms with van der Waals surface area (Å²) < 4.78 is 4.97. The number of esters is 1. The van der Waals surface area contributed by atoms with Gasteiger partial charge < -0.3 is 10.1 Å². The van der Waals surface area contributed by atoms with Gasteiger partial charge in [0.15, 0.2) is 0 Å². The third-order valence-electron chi connectivity index (χ3n) is 2.41. The van der Waals surface area contributed by atoms with Crippen molar-refractivity contribution in [3.05, 3.63) is 12.2 Å². The van der Waals surface area contributed by atoms with E-state index in [1.54, 1.807) is 6.92 Å². The van der Waals surface area contributed by atoms with Crippen molar-refractivity contribution >= 4 is 11.9 Å². The minimum Gasteiger partial charge on any atom is -0.466 e. The highest BCUT2D eigenvalue weighted by molar-refractivity contribution is 5.77. The molecule has 84 valence electrons. The van der Waals surface area contributed by atoms with E-state index < -0.39 is 0 Å². The van der Waals surface area contributed by atoms with Gasteiger partial charge in [-0.3, -0.25) is 9.59 Å². The van der Waals surface area contributed by atoms with Gasteiger partial charge in [0.25, 0.3) is 0 Å². The minimum atomic E-state index is -0.237. The first-order chi connectivity index (χ1) is 7.15. The van der Waals surface area contributed by atoms with Gasteiger partial charge in [-0.2, -0.15) is 0 Å². The molecule has 0 fully saturated rings. The molecule has 0 aromatic rings. The number of hydrogen-bond acceptors (Lipinski definition) is 3. The van der Waals surface area contributed by atoms with E-state index in [-0.39, 0.29) is 23.8 Å². The van der Waals surface area contributed by atoms with Crippen molar-refractivity contribution < 1.29 is 14.3 Å². The Morgan fingerprint density at radius 3 is 2.67 bits per heavy atom. The first kappa shape index (κ1) is 11.8. The molecule has 0 spiro atoms. The first-order valence-corrected chi connectivity index (χ1v) is 5.24. The molecule has 1 rings (SSSR count). The number of hydrogen-bond donors (Lipinski definition) is 1. The van der Waals surface area contributed by atoms with Crippen LogP contribution in [0.4, 0.5) is 0 Å². The molecule has 0 unspecified atom stereocenters. The van der Waals surface area contributed by atoms with Crippen LogP contribution in [0.1, 0.15) is 26.7 Å². The molecule has 0 heterocycles. The molecular formula is C11H17NO3. The number of amides is 1. The van der Waals surface area contributed by atoms with Crippen molar-refractivity contribution in [2.75, 3.05) is 6.61 Å². The van der Waals surface area contributed by atoms with E-state index in [2.05, 4.69) is 5.32 Å². The van der Waals surface area contributed by atoms with Crippen molar-refractivity contribution in [3.8, 4) is 0 Å². The van der Waals surface area contributed by atoms with Gasteiger partial charge in [-0.15, -0.1) is 0 Å². The van der Waals surface area contributed by atoms with Crippen LogP contribution in [0.2, 0.25) is 0 Å². The molecule has 0 radical (unpaired) electrons. The van der Waals surface area contributed by atoms with Crippen molar-refractivity contribution in [2.45, 2.75) is 32.7 Å². The van der Waals surface area contributed by atoms with E-state index in [0.717, 1.165) is 0 Å². The molecular weight excluding hydrogens is 194 g/mol. The maximum atomic E-state index is 11.6. The fourth-order valence-electron chi connectivity index (χ4n) is 1.74. The number of nitrogens with one attached hydrogen (secondary N) is 1. The largest absolute Gasteiger partial charge is 0.466 e. The van der Waals surface area contributed by atoms with Gasteiger partial charge in [0.2, 0.25) is 5.91 Å². The number of carbonyl (C=O) groups excluding carboxylic acids is 2. The summed E-state index contributed by atoms with van der Waals surface area (Å²) in [7, 11) is 0. The summed E-state index contributed by atoms with van der Waals surface area (Å²) in [4.78, 5) is 22.5. The second-order valence-electron chi connectivity index (χ2n) is 3.61. The third-order valence-corrected chi connectivity index (χ3v) is 2.41. The van der Waals surface area contributed by atoms with Gasteiger partial charge in [0.05, 0.1) is 12.5 Å². The highest BCUT2D eigenvalue weighted by Crippen LogP contribution is 2.20. The Bertz CT molecular complexity index is 273. The van der Waals surface area contributed by atoms with E-state index >= 15 is 0 Å². The van der Waals surface area contributed by atoms with Gasteiger partial charge in [0.1, 0.15) is 0 Å². The SMILES string of the molecule is CCOC(=O)[C@H]1CC=CC[C@H]1NC(C)=O. The van der Waals surface area contributed by atoms with Gasteiger partial charge in [-0.1, -0.05) is 12.2 Å². The molecule has 1 N–H and O–H groups in total. The highest BCUT2D eigenvalue weighted by atomic mass is 16.5. The molecule has 4 nitrogen and oxygen atoms in total. The summed E-state index contributed by atoms with van der Waals surface area (Å²) in [6, 6.07) is -0.119. The van der Waals surface area contributed by atoms with Gasteiger partial charge >= 0.3 is 5.97 Å². The number of ether oxygens (including phenoxy) is 1. The maximum absolute atomic E-state index is 11.6. The monoisotopic (exact) mass is 211 g/mol. The Morgan fingerprint density at radius 2 is 2.07 bits per heavy atom. The van der Waals surface area contributed by atoms with Crippen LogP contribution in [-0.4, -0.2) is 24.5 Å². The Kier molecular flexibility index (Phi) is 4.34. The van der Waals surface area contributed by atoms with Crippen LogP contribution in [0.5, 0.6) is 0 Å². The first-order valence-electron chi connectivity index (χ1n) is 5.24. The van der Waals surface area contributed by atoms with Crippen LogP contribution in [0.25, 0.3) is 0 Å². The molecule has 0 aromatic heterocycles. The van der Waals surface area contributed by atoms with E-state index in [0.29, 0.717) is 19.4 Å². The zero-order valence-corrected chi connectivity index (χ0v) is 9.16. The summed E-state index contributed by atoms with van der Waals surface area (Å²) in [6.07, 6.45) is 5.28. The second kappa shape index (κ2) is 5.53. The standard InChI is InChI=1S/C11H17NO3/c1-3-15-11(14)9-6-4-5-7-10(9)12-8(2)13/h4-5,9-10H,3,6-7H2,1-2H3,(H,12,13)/t9-,10+/m0/s1. The van der Waals surface area contributed by atoms with E-state index in [1.807, 2.05) is 12.2 Å². The Labute approximate surface area is 89.7 Å². The maximum Gasteiger partial charge on any atom is 0.311 e. The van der Waals surface area contributed by atoms with Crippen LogP contribution < -0.4 is 5.32 Å². The Morgan fingerprint density at radius 1 is 1.40 bits per heavy atom. The van der Waals surface area contributed by atoms with Crippen LogP contribution in [0.3, 0.4) is 0 Å². The molecule has 0 bridgehead atoms. The predicted octanol–water partition coefficient (Wildman–Crippen LogP) is 1.02. The van der Waals surface area contributed by atoms with E-state index in [9.17, 15) is 9.59 Å². The fraction of sp³-hybridized carbons (Fsp3) is 0.636. The topological polar surface area (TPSA) is 55.4 Å². The number of allylic oxidation sites excluding steroid dienone is 1. The quantitative estimate of drug-likeness (QED) is 0.560. The molecule has 4 heteroatoms. The van der Waals surface area contributed by atoms with Crippen molar-refractivity contribution in [2.24, 2.45) is 5.92 Å². The van der Waals surface area contributed by atoms with E-state index in [1.165, 1.54) is 6.92 Å². The second-order valence-corrected chi connectivity index (χ2v) is 3.61. The molecule has 0 aromatic carbocycles. The fourth-order valence-corrected chi connectivity index (χ4v) is 1.74. The average Bonchev–Trinajstić information content (AvgIpc) is 2.18. The molecule has 0 saturated carbocycles. The summed E-state index contributed by atoms with van der Waals surface area (Å²) in [5, 5.41) is 2.78. The summed E-state index contributed by atoms with van der Waals surface area (Å²) in [6.45, 7) is 3.62. The van der Waals surface area contributed by atoms with Crippen molar-refractivity contribution in [3.63, 3.8) is 0 Å². The van der Waals surface area contributed by atoms with Gasteiger partial charge in [-0.05, 0) is 19.8 Å². The Hall–Kier alpha value is -1.32. The van der Waals surface area contributed by atoms with Crippen LogP contribution in [0.15, 0.2) is 12.2 Å². The molecule has 2 atom stereocenters. The van der Waals surface area contributed by atoms with Crippen molar-refractivity contribution in [1.82, 2.24) is 5.32 Å². The van der Waals surface area contributed by atoms with Crippen LogP contribution in [-0.2, 0) is 14.3 Å². The van der Waals surface area contributed by atoms with Crippen molar-refractivity contribution in [1.29, 1.82) is 0 Å². The zero-order chi connectivity index (χ0) is 11.3. The number of rotatable bonds is 3. The summed E-state index contributed by atoms with van der Waals surface area (Å²) in [5.74, 6) is -0.566. The van der Waals surface area contributed by atoms with Gasteiger partial charge in [-0.25, -0.2) is 0 Å². The summed E-state index contributed by atoms with van der Waals surface area (Å²) in [5.41, 5.74) is 0. The molecule has 0 aliphatic heterocycles. The lowest BCUT2D eigenvalue weighted by Crippen LogP contribution is -2.43. The molecule has 0 saturated heterocycles. The van der Waals surface area contributed by atoms with Crippen LogP contribution >= 0.6 is 0 Å². The van der Waals surface area contributed by atoms with Crippen LogP contribution in [0, 0.1) is 5.92 Å². The lowest BCUT2D eigenvalue weighted by atomic mass is 9.89. The smallest absolute Gasteiger partial charge is 0.311 e. The third kappa shape index (κ3) is 3.38. The minimum absolute atomic E-state index is 0.107. The Balaban J connectivity index is 2.62. The van der Waals surface area contributed by atoms with E-state index in [4.69, 9.17) is 4.74 Å². The lowest BCUT2D eigenvalue weighted by Gasteiger charge is -2.27. The lowest BCUT2D eigenvalue weighted by molar-refractivity contribution is -0.149. The predicted molar refractivity (Wildman–Crippen MR) is 56.1 cm³/mol. The highest BCUT2D eigenvalue weighted by Gasteiger charge is 2.30. The normalized spacial score (nSPS) is 24.7. The summed E-state index contributed by atoms with van der Waals surface area (Å²) >= 11 is 0. The number of carbonyl (C=O) groups is 2. The molecule has 1 amide bonds. The average molecular weight is 211 g/mol. The molecule has 1 aliphatic rings. The molecule has 15 heavy (non-hydrogen) atoms. The molecule has 1 aliphatic carbocycles. The van der Waals surface area contributed by atoms with Gasteiger partial charge in [0, 0.05) is 13.0 Å². The zero-order valence-electron chi connectivity index (χ0n) is 9.16.